The topological polar surface area (TPSA) is 61.9 Å². The highest BCUT2D eigenvalue weighted by Crippen LogP contribution is 2.18. The second kappa shape index (κ2) is 7.10. The Hall–Kier alpha value is -1.92. The number of piperazine rings is 1. The maximum absolute atomic E-state index is 12.7. The van der Waals surface area contributed by atoms with Crippen molar-refractivity contribution < 1.29 is 14.3 Å². The van der Waals surface area contributed by atoms with Crippen LogP contribution in [0.2, 0.25) is 0 Å². The lowest BCUT2D eigenvalue weighted by Gasteiger charge is -2.37. The number of carbonyl (C=O) groups excluding carboxylic acids is 2. The van der Waals surface area contributed by atoms with Crippen LogP contribution >= 0.6 is 0 Å². The number of esters is 1. The number of benzene rings is 1. The summed E-state index contributed by atoms with van der Waals surface area (Å²) in [6.45, 7) is 3.79. The third-order valence-corrected chi connectivity index (χ3v) is 4.64. The Morgan fingerprint density at radius 3 is 2.57 bits per heavy atom. The summed E-state index contributed by atoms with van der Waals surface area (Å²) in [5, 5.41) is 3.35. The Balaban J connectivity index is 1.53. The maximum Gasteiger partial charge on any atom is 0.319 e. The van der Waals surface area contributed by atoms with Crippen molar-refractivity contribution in [3.8, 4) is 0 Å². The van der Waals surface area contributed by atoms with Crippen LogP contribution in [0.15, 0.2) is 24.3 Å². The molecule has 1 atom stereocenters. The Kier molecular flexibility index (Phi) is 4.93. The largest absolute Gasteiger partial charge is 0.468 e. The van der Waals surface area contributed by atoms with E-state index in [0.29, 0.717) is 32.7 Å². The van der Waals surface area contributed by atoms with E-state index in [1.54, 1.807) is 0 Å². The van der Waals surface area contributed by atoms with Crippen molar-refractivity contribution in [2.75, 3.05) is 39.8 Å². The van der Waals surface area contributed by atoms with Crippen molar-refractivity contribution in [2.45, 2.75) is 19.0 Å². The van der Waals surface area contributed by atoms with Gasteiger partial charge in [0.2, 0.25) is 5.91 Å². The lowest BCUT2D eigenvalue weighted by molar-refractivity contribution is -0.143. The molecule has 0 saturated carbocycles. The normalized spacial score (nSPS) is 21.6. The number of ether oxygens (including phenoxy) is 1. The first kappa shape index (κ1) is 16.0. The SMILES string of the molecule is COC(=O)CN1CCN(C(=O)C2Cc3ccccc3CN2)CC1. The monoisotopic (exact) mass is 317 g/mol. The summed E-state index contributed by atoms with van der Waals surface area (Å²) in [6, 6.07) is 8.12. The van der Waals surface area contributed by atoms with Gasteiger partial charge in [0.05, 0.1) is 19.7 Å². The molecule has 1 fully saturated rings. The molecule has 2 heterocycles. The number of amides is 1. The van der Waals surface area contributed by atoms with Gasteiger partial charge < -0.3 is 15.0 Å². The molecule has 1 N–H and O–H groups in total. The van der Waals surface area contributed by atoms with Gasteiger partial charge in [-0.05, 0) is 17.5 Å². The van der Waals surface area contributed by atoms with Crippen LogP contribution in [0.25, 0.3) is 0 Å². The van der Waals surface area contributed by atoms with Crippen LogP contribution in [0.5, 0.6) is 0 Å². The first-order valence-electron chi connectivity index (χ1n) is 8.05. The van der Waals surface area contributed by atoms with Gasteiger partial charge in [0, 0.05) is 32.7 Å². The van der Waals surface area contributed by atoms with Gasteiger partial charge in [0.1, 0.15) is 0 Å². The van der Waals surface area contributed by atoms with Crippen molar-refractivity contribution in [1.29, 1.82) is 0 Å². The third kappa shape index (κ3) is 3.71. The van der Waals surface area contributed by atoms with Crippen LogP contribution in [0.1, 0.15) is 11.1 Å². The fraction of sp³-hybridized carbons (Fsp3) is 0.529. The van der Waals surface area contributed by atoms with E-state index >= 15 is 0 Å². The molecule has 124 valence electrons. The Bertz CT molecular complexity index is 582. The molecule has 6 heteroatoms. The van der Waals surface area contributed by atoms with Crippen molar-refractivity contribution in [3.63, 3.8) is 0 Å². The molecule has 6 nitrogen and oxygen atoms in total. The molecule has 0 bridgehead atoms. The highest BCUT2D eigenvalue weighted by molar-refractivity contribution is 5.82. The van der Waals surface area contributed by atoms with Crippen LogP contribution in [0.3, 0.4) is 0 Å². The molecule has 3 rings (SSSR count). The standard InChI is InChI=1S/C17H23N3O3/c1-23-16(21)12-19-6-8-20(9-7-19)17(22)15-10-13-4-2-3-5-14(13)11-18-15/h2-5,15,18H,6-12H2,1H3. The van der Waals surface area contributed by atoms with Gasteiger partial charge in [0.25, 0.3) is 0 Å². The number of carbonyl (C=O) groups is 2. The van der Waals surface area contributed by atoms with E-state index in [9.17, 15) is 9.59 Å². The van der Waals surface area contributed by atoms with Gasteiger partial charge in [0.15, 0.2) is 0 Å². The molecule has 0 aliphatic carbocycles. The summed E-state index contributed by atoms with van der Waals surface area (Å²) in [5.74, 6) is -0.0625. The van der Waals surface area contributed by atoms with Crippen molar-refractivity contribution >= 4 is 11.9 Å². The zero-order valence-electron chi connectivity index (χ0n) is 13.5. The predicted molar refractivity (Wildman–Crippen MR) is 85.8 cm³/mol. The summed E-state index contributed by atoms with van der Waals surface area (Å²) >= 11 is 0. The van der Waals surface area contributed by atoms with Gasteiger partial charge in [-0.3, -0.25) is 14.5 Å². The molecule has 0 aromatic heterocycles. The maximum atomic E-state index is 12.7. The van der Waals surface area contributed by atoms with Crippen LogP contribution in [0, 0.1) is 0 Å². The molecular formula is C17H23N3O3. The van der Waals surface area contributed by atoms with Crippen LogP contribution in [0.4, 0.5) is 0 Å². The lowest BCUT2D eigenvalue weighted by Crippen LogP contribution is -2.56. The van der Waals surface area contributed by atoms with E-state index in [2.05, 4.69) is 22.2 Å². The number of rotatable bonds is 3. The molecule has 1 aromatic rings. The third-order valence-electron chi connectivity index (χ3n) is 4.64. The molecule has 1 unspecified atom stereocenters. The second-order valence-corrected chi connectivity index (χ2v) is 6.08. The van der Waals surface area contributed by atoms with Gasteiger partial charge in [-0.2, -0.15) is 0 Å². The smallest absolute Gasteiger partial charge is 0.319 e. The van der Waals surface area contributed by atoms with Crippen LogP contribution in [-0.2, 0) is 27.3 Å². The zero-order chi connectivity index (χ0) is 16.2. The zero-order valence-corrected chi connectivity index (χ0v) is 13.5. The highest BCUT2D eigenvalue weighted by Gasteiger charge is 2.30. The predicted octanol–water partition coefficient (Wildman–Crippen LogP) is 0.0181. The van der Waals surface area contributed by atoms with Crippen molar-refractivity contribution in [3.05, 3.63) is 35.4 Å². The molecule has 1 saturated heterocycles. The van der Waals surface area contributed by atoms with Crippen LogP contribution in [-0.4, -0.2) is 67.6 Å². The molecule has 1 amide bonds. The second-order valence-electron chi connectivity index (χ2n) is 6.08. The summed E-state index contributed by atoms with van der Waals surface area (Å²) in [5.41, 5.74) is 2.54. The van der Waals surface area contributed by atoms with Gasteiger partial charge in [-0.25, -0.2) is 0 Å². The average Bonchev–Trinajstić information content (AvgIpc) is 2.61. The molecule has 0 spiro atoms. The molecule has 0 radical (unpaired) electrons. The fourth-order valence-corrected chi connectivity index (χ4v) is 3.22. The Labute approximate surface area is 136 Å². The molecule has 2 aliphatic heterocycles. The number of fused-ring (bicyclic) bond motifs is 1. The molecule has 2 aliphatic rings. The van der Waals surface area contributed by atoms with Gasteiger partial charge in [-0.15, -0.1) is 0 Å². The van der Waals surface area contributed by atoms with E-state index in [4.69, 9.17) is 0 Å². The van der Waals surface area contributed by atoms with Crippen molar-refractivity contribution in [1.82, 2.24) is 15.1 Å². The number of nitrogens with zero attached hydrogens (tertiary/aromatic N) is 2. The van der Waals surface area contributed by atoms with Crippen LogP contribution < -0.4 is 5.32 Å². The number of hydrogen-bond donors (Lipinski definition) is 1. The lowest BCUT2D eigenvalue weighted by atomic mass is 9.95. The Morgan fingerprint density at radius 2 is 1.87 bits per heavy atom. The minimum Gasteiger partial charge on any atom is -0.468 e. The minimum atomic E-state index is -0.227. The summed E-state index contributed by atoms with van der Waals surface area (Å²) in [6.07, 6.45) is 0.747. The fourth-order valence-electron chi connectivity index (χ4n) is 3.22. The number of hydrogen-bond acceptors (Lipinski definition) is 5. The van der Waals surface area contributed by atoms with Crippen molar-refractivity contribution in [2.24, 2.45) is 0 Å². The van der Waals surface area contributed by atoms with E-state index in [-0.39, 0.29) is 17.9 Å². The van der Waals surface area contributed by atoms with E-state index < -0.39 is 0 Å². The number of methoxy groups -OCH3 is 1. The summed E-state index contributed by atoms with van der Waals surface area (Å²) in [4.78, 5) is 27.9. The number of nitrogens with one attached hydrogen (secondary N) is 1. The van der Waals surface area contributed by atoms with E-state index in [0.717, 1.165) is 13.0 Å². The van der Waals surface area contributed by atoms with E-state index in [1.807, 2.05) is 21.9 Å². The minimum absolute atomic E-state index is 0.142. The first-order valence-corrected chi connectivity index (χ1v) is 8.05. The average molecular weight is 317 g/mol. The Morgan fingerprint density at radius 1 is 1.17 bits per heavy atom. The molecule has 23 heavy (non-hydrogen) atoms. The molecular weight excluding hydrogens is 294 g/mol. The van der Waals surface area contributed by atoms with E-state index in [1.165, 1.54) is 18.2 Å². The summed E-state index contributed by atoms with van der Waals surface area (Å²) in [7, 11) is 1.40. The highest BCUT2D eigenvalue weighted by atomic mass is 16.5. The first-order chi connectivity index (χ1) is 11.2. The van der Waals surface area contributed by atoms with Gasteiger partial charge >= 0.3 is 5.97 Å². The quantitative estimate of drug-likeness (QED) is 0.796. The summed E-state index contributed by atoms with van der Waals surface area (Å²) < 4.78 is 4.68. The molecule has 1 aromatic carbocycles. The van der Waals surface area contributed by atoms with Gasteiger partial charge in [-0.1, -0.05) is 24.3 Å².